The van der Waals surface area contributed by atoms with Gasteiger partial charge >= 0.3 is 5.97 Å². The van der Waals surface area contributed by atoms with Crippen molar-refractivity contribution in [1.82, 2.24) is 0 Å². The van der Waals surface area contributed by atoms with Gasteiger partial charge in [0.1, 0.15) is 10.6 Å². The third-order valence-corrected chi connectivity index (χ3v) is 4.28. The van der Waals surface area contributed by atoms with Gasteiger partial charge in [-0.1, -0.05) is 11.6 Å². The Morgan fingerprint density at radius 3 is 2.72 bits per heavy atom. The van der Waals surface area contributed by atoms with Crippen LogP contribution in [0, 0.1) is 0 Å². The van der Waals surface area contributed by atoms with Crippen LogP contribution in [0.15, 0.2) is 17.5 Å². The van der Waals surface area contributed by atoms with Crippen LogP contribution in [0.3, 0.4) is 0 Å². The largest absolute Gasteiger partial charge is 0.459 e. The van der Waals surface area contributed by atoms with E-state index in [2.05, 4.69) is 0 Å². The van der Waals surface area contributed by atoms with E-state index in [1.807, 2.05) is 25.3 Å². The number of hydrogen-bond donors (Lipinski definition) is 1. The molecule has 2 heterocycles. The van der Waals surface area contributed by atoms with E-state index >= 15 is 0 Å². The standard InChI is InChI=1S/C12H12ClNO2S2/c1-6(2)16-12(15)10-7(5-17-11(10)14)8-3-4-9(13)18-8/h3-6H,14H2,1-2H3. The van der Waals surface area contributed by atoms with Crippen molar-refractivity contribution < 1.29 is 9.53 Å². The molecule has 2 aromatic rings. The number of carbonyl (C=O) groups excluding carboxylic acids is 1. The summed E-state index contributed by atoms with van der Waals surface area (Å²) in [6.07, 6.45) is -0.170. The van der Waals surface area contributed by atoms with Crippen LogP contribution in [0.5, 0.6) is 0 Å². The number of rotatable bonds is 3. The molecule has 0 atom stereocenters. The van der Waals surface area contributed by atoms with Crippen LogP contribution in [0.1, 0.15) is 24.2 Å². The van der Waals surface area contributed by atoms with E-state index in [4.69, 9.17) is 22.1 Å². The summed E-state index contributed by atoms with van der Waals surface area (Å²) in [5, 5.41) is 2.33. The number of halogens is 1. The highest BCUT2D eigenvalue weighted by molar-refractivity contribution is 7.20. The molecule has 0 radical (unpaired) electrons. The lowest BCUT2D eigenvalue weighted by Gasteiger charge is -2.08. The fourth-order valence-corrected chi connectivity index (χ4v) is 3.44. The van der Waals surface area contributed by atoms with Crippen LogP contribution in [0.25, 0.3) is 10.4 Å². The predicted molar refractivity (Wildman–Crippen MR) is 77.6 cm³/mol. The maximum absolute atomic E-state index is 12.0. The molecule has 96 valence electrons. The average molecular weight is 302 g/mol. The molecule has 0 saturated heterocycles. The molecular weight excluding hydrogens is 290 g/mol. The van der Waals surface area contributed by atoms with Gasteiger partial charge in [0.25, 0.3) is 0 Å². The van der Waals surface area contributed by atoms with E-state index in [1.165, 1.54) is 22.7 Å². The lowest BCUT2D eigenvalue weighted by Crippen LogP contribution is -2.12. The Bertz CT molecular complexity index is 574. The topological polar surface area (TPSA) is 52.3 Å². The fourth-order valence-electron chi connectivity index (χ4n) is 1.50. The van der Waals surface area contributed by atoms with E-state index in [0.29, 0.717) is 14.9 Å². The number of thiophene rings is 2. The van der Waals surface area contributed by atoms with Crippen molar-refractivity contribution in [2.75, 3.05) is 5.73 Å². The minimum absolute atomic E-state index is 0.170. The van der Waals surface area contributed by atoms with Crippen molar-refractivity contribution in [3.05, 3.63) is 27.4 Å². The summed E-state index contributed by atoms with van der Waals surface area (Å²) in [4.78, 5) is 12.9. The summed E-state index contributed by atoms with van der Waals surface area (Å²) in [7, 11) is 0. The highest BCUT2D eigenvalue weighted by atomic mass is 35.5. The average Bonchev–Trinajstić information content (AvgIpc) is 2.83. The number of anilines is 1. The molecule has 0 aliphatic rings. The van der Waals surface area contributed by atoms with Gasteiger partial charge in [-0.15, -0.1) is 22.7 Å². The van der Waals surface area contributed by atoms with Crippen LogP contribution in [-0.4, -0.2) is 12.1 Å². The molecule has 0 saturated carbocycles. The molecule has 18 heavy (non-hydrogen) atoms. The van der Waals surface area contributed by atoms with Gasteiger partial charge in [0.2, 0.25) is 0 Å². The maximum Gasteiger partial charge on any atom is 0.342 e. The number of nitrogens with two attached hydrogens (primary N) is 1. The Morgan fingerprint density at radius 1 is 1.44 bits per heavy atom. The van der Waals surface area contributed by atoms with Gasteiger partial charge in [-0.2, -0.15) is 0 Å². The first-order valence-electron chi connectivity index (χ1n) is 5.32. The van der Waals surface area contributed by atoms with E-state index in [0.717, 1.165) is 10.4 Å². The SMILES string of the molecule is CC(C)OC(=O)c1c(-c2ccc(Cl)s2)csc1N. The molecule has 2 rings (SSSR count). The monoisotopic (exact) mass is 301 g/mol. The van der Waals surface area contributed by atoms with Gasteiger partial charge < -0.3 is 10.5 Å². The smallest absolute Gasteiger partial charge is 0.342 e. The van der Waals surface area contributed by atoms with E-state index in [1.54, 1.807) is 6.07 Å². The Morgan fingerprint density at radius 2 is 2.17 bits per heavy atom. The van der Waals surface area contributed by atoms with Crippen molar-refractivity contribution in [3.63, 3.8) is 0 Å². The zero-order valence-corrected chi connectivity index (χ0v) is 12.3. The molecule has 0 aliphatic heterocycles. The number of esters is 1. The normalized spacial score (nSPS) is 10.9. The van der Waals surface area contributed by atoms with Crippen molar-refractivity contribution in [3.8, 4) is 10.4 Å². The second-order valence-corrected chi connectivity index (χ2v) is 6.57. The number of ether oxygens (including phenoxy) is 1. The zero-order valence-electron chi connectivity index (χ0n) is 9.90. The van der Waals surface area contributed by atoms with Crippen LogP contribution >= 0.6 is 34.3 Å². The van der Waals surface area contributed by atoms with E-state index in [9.17, 15) is 4.79 Å². The van der Waals surface area contributed by atoms with Gasteiger partial charge in [0, 0.05) is 15.8 Å². The third kappa shape index (κ3) is 2.68. The van der Waals surface area contributed by atoms with Crippen LogP contribution in [-0.2, 0) is 4.74 Å². The molecule has 3 nitrogen and oxygen atoms in total. The molecule has 0 aromatic carbocycles. The van der Waals surface area contributed by atoms with Crippen LogP contribution in [0.4, 0.5) is 5.00 Å². The lowest BCUT2D eigenvalue weighted by molar-refractivity contribution is 0.0380. The molecule has 2 aromatic heterocycles. The minimum Gasteiger partial charge on any atom is -0.459 e. The third-order valence-electron chi connectivity index (χ3n) is 2.21. The highest BCUT2D eigenvalue weighted by Crippen LogP contribution is 2.39. The van der Waals surface area contributed by atoms with Gasteiger partial charge in [-0.3, -0.25) is 0 Å². The predicted octanol–water partition coefficient (Wildman–Crippen LogP) is 4.28. The van der Waals surface area contributed by atoms with Crippen molar-refractivity contribution in [2.24, 2.45) is 0 Å². The van der Waals surface area contributed by atoms with Gasteiger partial charge in [-0.05, 0) is 26.0 Å². The number of hydrogen-bond acceptors (Lipinski definition) is 5. The van der Waals surface area contributed by atoms with Crippen molar-refractivity contribution in [1.29, 1.82) is 0 Å². The first kappa shape index (κ1) is 13.4. The molecule has 0 fully saturated rings. The minimum atomic E-state index is -0.386. The Kier molecular flexibility index (Phi) is 3.94. The first-order chi connectivity index (χ1) is 8.49. The van der Waals surface area contributed by atoms with Gasteiger partial charge in [0.05, 0.1) is 10.4 Å². The molecule has 0 unspecified atom stereocenters. The second-order valence-electron chi connectivity index (χ2n) is 3.95. The number of nitrogen functional groups attached to an aromatic ring is 1. The first-order valence-corrected chi connectivity index (χ1v) is 7.40. The molecule has 6 heteroatoms. The van der Waals surface area contributed by atoms with Crippen LogP contribution in [0.2, 0.25) is 4.34 Å². The van der Waals surface area contributed by atoms with Gasteiger partial charge in [-0.25, -0.2) is 4.79 Å². The van der Waals surface area contributed by atoms with E-state index in [-0.39, 0.29) is 12.1 Å². The van der Waals surface area contributed by atoms with Crippen molar-refractivity contribution >= 4 is 45.2 Å². The number of carbonyl (C=O) groups is 1. The molecular formula is C12H12ClNO2S2. The van der Waals surface area contributed by atoms with Crippen LogP contribution < -0.4 is 5.73 Å². The summed E-state index contributed by atoms with van der Waals surface area (Å²) >= 11 is 8.65. The Labute approximate surface area is 118 Å². The summed E-state index contributed by atoms with van der Waals surface area (Å²) in [5.74, 6) is -0.386. The summed E-state index contributed by atoms with van der Waals surface area (Å²) in [6.45, 7) is 3.62. The molecule has 0 bridgehead atoms. The summed E-state index contributed by atoms with van der Waals surface area (Å²) < 4.78 is 5.88. The maximum atomic E-state index is 12.0. The van der Waals surface area contributed by atoms with E-state index < -0.39 is 0 Å². The second kappa shape index (κ2) is 5.30. The van der Waals surface area contributed by atoms with Crippen molar-refractivity contribution in [2.45, 2.75) is 20.0 Å². The lowest BCUT2D eigenvalue weighted by atomic mass is 10.1. The molecule has 0 spiro atoms. The zero-order chi connectivity index (χ0) is 13.3. The molecule has 0 amide bonds. The highest BCUT2D eigenvalue weighted by Gasteiger charge is 2.21. The molecule has 2 N–H and O–H groups in total. The van der Waals surface area contributed by atoms with Gasteiger partial charge in [0.15, 0.2) is 0 Å². The summed E-state index contributed by atoms with van der Waals surface area (Å²) in [5.41, 5.74) is 7.08. The molecule has 0 aliphatic carbocycles. The Balaban J connectivity index is 2.41. The summed E-state index contributed by atoms with van der Waals surface area (Å²) in [6, 6.07) is 3.67. The quantitative estimate of drug-likeness (QED) is 0.861. The Hall–Kier alpha value is -1.04. The fraction of sp³-hybridized carbons (Fsp3) is 0.250.